The fraction of sp³-hybridized carbons (Fsp3) is 0.542. The molecular formula is C24H31N5O4S. The van der Waals surface area contributed by atoms with Crippen LogP contribution in [0.25, 0.3) is 0 Å². The van der Waals surface area contributed by atoms with Gasteiger partial charge in [0.25, 0.3) is 0 Å². The second kappa shape index (κ2) is 8.58. The number of fused-ring (bicyclic) bond motifs is 1. The zero-order chi connectivity index (χ0) is 24.1. The van der Waals surface area contributed by atoms with Crippen molar-refractivity contribution in [3.63, 3.8) is 0 Å². The molecule has 2 fully saturated rings. The zero-order valence-corrected chi connectivity index (χ0v) is 20.6. The SMILES string of the molecule is CC1COCCN1C1N=C(c2ccc(NC(=O)NC3CC3)cc2)N=C2CC(C)(C)S(=O)(=O)C=C21. The second-order valence-electron chi connectivity index (χ2n) is 10.1. The zero-order valence-electron chi connectivity index (χ0n) is 19.7. The number of carbonyl (C=O) groups excluding carboxylic acids is 1. The molecule has 1 aromatic carbocycles. The highest BCUT2D eigenvalue weighted by Crippen LogP contribution is 2.36. The number of amides is 2. The topological polar surface area (TPSA) is 112 Å². The van der Waals surface area contributed by atoms with Crippen LogP contribution >= 0.6 is 0 Å². The highest BCUT2D eigenvalue weighted by Gasteiger charge is 2.44. The number of anilines is 1. The van der Waals surface area contributed by atoms with Crippen molar-refractivity contribution in [1.82, 2.24) is 10.2 Å². The van der Waals surface area contributed by atoms with E-state index < -0.39 is 20.8 Å². The largest absolute Gasteiger partial charge is 0.379 e. The van der Waals surface area contributed by atoms with Crippen molar-refractivity contribution in [2.75, 3.05) is 25.1 Å². The van der Waals surface area contributed by atoms with Crippen LogP contribution in [0.1, 0.15) is 45.6 Å². The highest BCUT2D eigenvalue weighted by atomic mass is 32.2. The lowest BCUT2D eigenvalue weighted by Crippen LogP contribution is -2.53. The molecular weight excluding hydrogens is 454 g/mol. The van der Waals surface area contributed by atoms with Crippen LogP contribution in [0.4, 0.5) is 10.5 Å². The third kappa shape index (κ3) is 4.54. The van der Waals surface area contributed by atoms with E-state index in [1.54, 1.807) is 13.8 Å². The molecule has 182 valence electrons. The van der Waals surface area contributed by atoms with Crippen molar-refractivity contribution >= 4 is 33.1 Å². The van der Waals surface area contributed by atoms with Gasteiger partial charge in [-0.2, -0.15) is 0 Å². The third-order valence-electron chi connectivity index (χ3n) is 6.79. The average molecular weight is 486 g/mol. The van der Waals surface area contributed by atoms with Gasteiger partial charge in [-0.1, -0.05) is 0 Å². The minimum Gasteiger partial charge on any atom is -0.379 e. The lowest BCUT2D eigenvalue weighted by molar-refractivity contribution is -0.0127. The van der Waals surface area contributed by atoms with E-state index in [9.17, 15) is 13.2 Å². The maximum atomic E-state index is 13.0. The van der Waals surface area contributed by atoms with Crippen molar-refractivity contribution in [2.45, 2.75) is 63.0 Å². The maximum Gasteiger partial charge on any atom is 0.319 e. The van der Waals surface area contributed by atoms with Crippen LogP contribution in [0.3, 0.4) is 0 Å². The van der Waals surface area contributed by atoms with E-state index in [1.165, 1.54) is 5.41 Å². The van der Waals surface area contributed by atoms with Crippen LogP contribution in [-0.2, 0) is 14.6 Å². The van der Waals surface area contributed by atoms with Gasteiger partial charge in [0.05, 0.1) is 23.7 Å². The molecule has 10 heteroatoms. The summed E-state index contributed by atoms with van der Waals surface area (Å²) in [6, 6.07) is 7.61. The molecule has 1 saturated heterocycles. The van der Waals surface area contributed by atoms with Gasteiger partial charge in [0.15, 0.2) is 15.7 Å². The molecule has 2 amide bonds. The predicted octanol–water partition coefficient (Wildman–Crippen LogP) is 2.70. The Morgan fingerprint density at radius 1 is 1.21 bits per heavy atom. The molecule has 1 saturated carbocycles. The normalized spacial score (nSPS) is 28.1. The molecule has 34 heavy (non-hydrogen) atoms. The molecule has 0 aromatic heterocycles. The van der Waals surface area contributed by atoms with Crippen molar-refractivity contribution in [2.24, 2.45) is 9.98 Å². The quantitative estimate of drug-likeness (QED) is 0.681. The van der Waals surface area contributed by atoms with Gasteiger partial charge in [0.2, 0.25) is 0 Å². The lowest BCUT2D eigenvalue weighted by atomic mass is 9.95. The van der Waals surface area contributed by atoms with Crippen LogP contribution in [0, 0.1) is 0 Å². The summed E-state index contributed by atoms with van der Waals surface area (Å²) in [5, 5.41) is 7.14. The molecule has 0 spiro atoms. The maximum absolute atomic E-state index is 13.0. The van der Waals surface area contributed by atoms with Gasteiger partial charge >= 0.3 is 6.03 Å². The molecule has 3 heterocycles. The van der Waals surface area contributed by atoms with Crippen molar-refractivity contribution < 1.29 is 17.9 Å². The Balaban J connectivity index is 1.47. The molecule has 0 radical (unpaired) electrons. The number of nitrogens with zero attached hydrogens (tertiary/aromatic N) is 3. The van der Waals surface area contributed by atoms with Gasteiger partial charge in [-0.3, -0.25) is 4.90 Å². The highest BCUT2D eigenvalue weighted by molar-refractivity contribution is 7.95. The first-order chi connectivity index (χ1) is 16.1. The summed E-state index contributed by atoms with van der Waals surface area (Å²) >= 11 is 0. The number of ether oxygens (including phenoxy) is 1. The number of aliphatic imine (C=N–C) groups is 2. The fourth-order valence-corrected chi connectivity index (χ4v) is 5.68. The van der Waals surface area contributed by atoms with Crippen LogP contribution in [0.5, 0.6) is 0 Å². The molecule has 5 rings (SSSR count). The van der Waals surface area contributed by atoms with Gasteiger partial charge in [-0.05, 0) is 57.9 Å². The summed E-state index contributed by atoms with van der Waals surface area (Å²) in [5.41, 5.74) is 2.93. The fourth-order valence-electron chi connectivity index (χ4n) is 4.43. The number of benzene rings is 1. The summed E-state index contributed by atoms with van der Waals surface area (Å²) in [6.45, 7) is 7.35. The van der Waals surface area contributed by atoms with E-state index >= 15 is 0 Å². The number of urea groups is 1. The van der Waals surface area contributed by atoms with E-state index in [2.05, 4.69) is 22.5 Å². The standard InChI is InChI=1S/C24H31N5O4S/c1-15-13-33-11-10-29(15)22-19-14-34(31,32)24(2,3)12-20(19)27-21(28-22)16-4-6-17(7-5-16)25-23(30)26-18-8-9-18/h4-7,14-15,18,22H,8-13H2,1-3H3,(H2,25,26,30). The Morgan fingerprint density at radius 2 is 1.94 bits per heavy atom. The summed E-state index contributed by atoms with van der Waals surface area (Å²) in [4.78, 5) is 24.0. The summed E-state index contributed by atoms with van der Waals surface area (Å²) in [7, 11) is -3.44. The summed E-state index contributed by atoms with van der Waals surface area (Å²) in [6.07, 6.45) is 1.96. The number of amidine groups is 1. The average Bonchev–Trinajstić information content (AvgIpc) is 3.58. The smallest absolute Gasteiger partial charge is 0.319 e. The van der Waals surface area contributed by atoms with E-state index in [-0.39, 0.29) is 18.1 Å². The molecule has 3 aliphatic heterocycles. The monoisotopic (exact) mass is 485 g/mol. The Kier molecular flexibility index (Phi) is 5.86. The Bertz CT molecular complexity index is 1180. The molecule has 2 atom stereocenters. The molecule has 2 unspecified atom stereocenters. The third-order valence-corrected chi connectivity index (χ3v) is 9.04. The summed E-state index contributed by atoms with van der Waals surface area (Å²) < 4.78 is 30.6. The molecule has 1 aliphatic carbocycles. The number of morpholine rings is 1. The first-order valence-corrected chi connectivity index (χ1v) is 13.3. The van der Waals surface area contributed by atoms with Gasteiger partial charge < -0.3 is 15.4 Å². The lowest BCUT2D eigenvalue weighted by Gasteiger charge is -2.42. The number of rotatable bonds is 4. The molecule has 1 aromatic rings. The van der Waals surface area contributed by atoms with E-state index in [0.29, 0.717) is 43.3 Å². The predicted molar refractivity (Wildman–Crippen MR) is 132 cm³/mol. The Hall–Kier alpha value is -2.56. The first kappa shape index (κ1) is 23.2. The number of carbonyl (C=O) groups is 1. The summed E-state index contributed by atoms with van der Waals surface area (Å²) in [5.74, 6) is 0.569. The van der Waals surface area contributed by atoms with Crippen LogP contribution in [-0.4, -0.2) is 73.7 Å². The Morgan fingerprint density at radius 3 is 2.62 bits per heavy atom. The number of hydrogen-bond donors (Lipinski definition) is 2. The van der Waals surface area contributed by atoms with Crippen molar-refractivity contribution in [3.8, 4) is 0 Å². The Labute approximate surface area is 200 Å². The van der Waals surface area contributed by atoms with Crippen molar-refractivity contribution in [1.29, 1.82) is 0 Å². The van der Waals surface area contributed by atoms with Gasteiger partial charge in [0.1, 0.15) is 6.17 Å². The second-order valence-corrected chi connectivity index (χ2v) is 12.5. The van der Waals surface area contributed by atoms with E-state index in [4.69, 9.17) is 14.7 Å². The van der Waals surface area contributed by atoms with Crippen LogP contribution in [0.15, 0.2) is 45.2 Å². The van der Waals surface area contributed by atoms with E-state index in [0.717, 1.165) is 24.1 Å². The van der Waals surface area contributed by atoms with Crippen molar-refractivity contribution in [3.05, 3.63) is 40.8 Å². The number of sulfone groups is 1. The van der Waals surface area contributed by atoms with Crippen LogP contribution < -0.4 is 10.6 Å². The number of hydrogen-bond acceptors (Lipinski definition) is 7. The molecule has 9 nitrogen and oxygen atoms in total. The number of nitrogens with one attached hydrogen (secondary N) is 2. The first-order valence-electron chi connectivity index (χ1n) is 11.8. The van der Waals surface area contributed by atoms with Gasteiger partial charge in [-0.15, -0.1) is 0 Å². The molecule has 2 N–H and O–H groups in total. The molecule has 0 bridgehead atoms. The minimum atomic E-state index is -3.44. The minimum absolute atomic E-state index is 0.0956. The molecule has 4 aliphatic rings. The van der Waals surface area contributed by atoms with Crippen LogP contribution in [0.2, 0.25) is 0 Å². The van der Waals surface area contributed by atoms with Gasteiger partial charge in [0, 0.05) is 47.3 Å². The van der Waals surface area contributed by atoms with E-state index in [1.807, 2.05) is 24.3 Å². The van der Waals surface area contributed by atoms with Gasteiger partial charge in [-0.25, -0.2) is 23.2 Å².